The number of benzene rings is 2. The third-order valence-electron chi connectivity index (χ3n) is 7.49. The summed E-state index contributed by atoms with van der Waals surface area (Å²) in [7, 11) is 0. The second-order valence-electron chi connectivity index (χ2n) is 9.88. The lowest BCUT2D eigenvalue weighted by Crippen LogP contribution is -2.52. The minimum Gasteiger partial charge on any atom is -0.349 e. The van der Waals surface area contributed by atoms with Gasteiger partial charge in [0.05, 0.1) is 5.41 Å². The van der Waals surface area contributed by atoms with Crippen molar-refractivity contribution in [1.29, 1.82) is 0 Å². The molecule has 8 nitrogen and oxygen atoms in total. The van der Waals surface area contributed by atoms with Gasteiger partial charge < -0.3 is 10.2 Å². The van der Waals surface area contributed by atoms with Crippen LogP contribution >= 0.6 is 0 Å². The van der Waals surface area contributed by atoms with E-state index in [1.54, 1.807) is 18.2 Å². The number of hydrogen-bond donors (Lipinski definition) is 2. The summed E-state index contributed by atoms with van der Waals surface area (Å²) >= 11 is 0. The molecule has 1 atom stereocenters. The molecular weight excluding hydrogens is 503 g/mol. The number of hydrogen-bond acceptors (Lipinski definition) is 5. The van der Waals surface area contributed by atoms with E-state index in [1.807, 2.05) is 0 Å². The molecule has 1 unspecified atom stereocenters. The van der Waals surface area contributed by atoms with Gasteiger partial charge in [-0.05, 0) is 48.4 Å². The summed E-state index contributed by atoms with van der Waals surface area (Å²) in [5, 5.41) is 4.78. The molecule has 2 fully saturated rings. The van der Waals surface area contributed by atoms with E-state index in [0.717, 1.165) is 11.1 Å². The smallest absolute Gasteiger partial charge is 0.349 e. The van der Waals surface area contributed by atoms with E-state index >= 15 is 0 Å². The summed E-state index contributed by atoms with van der Waals surface area (Å²) in [6.45, 7) is 0.355. The van der Waals surface area contributed by atoms with Crippen LogP contribution in [0.5, 0.6) is 0 Å². The summed E-state index contributed by atoms with van der Waals surface area (Å²) in [5.74, 6) is -2.84. The van der Waals surface area contributed by atoms with Gasteiger partial charge in [0.25, 0.3) is 11.8 Å². The van der Waals surface area contributed by atoms with Gasteiger partial charge in [0.2, 0.25) is 17.6 Å². The molecule has 0 spiro atoms. The summed E-state index contributed by atoms with van der Waals surface area (Å²) < 4.78 is 39.9. The molecule has 1 aliphatic carbocycles. The molecular formula is C27H24F3N3O5. The van der Waals surface area contributed by atoms with Crippen molar-refractivity contribution in [3.63, 3.8) is 0 Å². The van der Waals surface area contributed by atoms with Gasteiger partial charge in [0.15, 0.2) is 0 Å². The van der Waals surface area contributed by atoms with Gasteiger partial charge in [-0.3, -0.25) is 29.3 Å². The van der Waals surface area contributed by atoms with Crippen LogP contribution in [-0.4, -0.2) is 53.1 Å². The number of imide groups is 1. The number of nitrogens with one attached hydrogen (secondary N) is 2. The maximum Gasteiger partial charge on any atom is 0.398 e. The maximum atomic E-state index is 13.3. The lowest BCUT2D eigenvalue weighted by atomic mass is 9.94. The van der Waals surface area contributed by atoms with Gasteiger partial charge in [-0.1, -0.05) is 36.4 Å². The quantitative estimate of drug-likeness (QED) is 0.327. The zero-order chi connectivity index (χ0) is 27.2. The highest BCUT2D eigenvalue weighted by Gasteiger charge is 2.64. The summed E-state index contributed by atoms with van der Waals surface area (Å²) in [6, 6.07) is 9.48. The Labute approximate surface area is 215 Å². The number of alkyl halides is 3. The molecule has 198 valence electrons. The van der Waals surface area contributed by atoms with Crippen LogP contribution in [0.15, 0.2) is 42.5 Å². The van der Waals surface area contributed by atoms with E-state index in [0.29, 0.717) is 12.0 Å². The molecule has 0 aromatic heterocycles. The molecule has 1 saturated heterocycles. The lowest BCUT2D eigenvalue weighted by molar-refractivity contribution is -0.160. The second kappa shape index (κ2) is 9.38. The minimum absolute atomic E-state index is 0.00816. The Morgan fingerprint density at radius 3 is 2.39 bits per heavy atom. The van der Waals surface area contributed by atoms with Gasteiger partial charge >= 0.3 is 6.18 Å². The number of rotatable bonds is 7. The number of amides is 4. The van der Waals surface area contributed by atoms with Crippen molar-refractivity contribution >= 4 is 29.4 Å². The van der Waals surface area contributed by atoms with E-state index in [1.165, 1.54) is 29.2 Å². The monoisotopic (exact) mass is 527 g/mol. The Morgan fingerprint density at radius 1 is 1.05 bits per heavy atom. The number of carbonyl (C=O) groups is 5. The third-order valence-corrected chi connectivity index (χ3v) is 7.49. The predicted octanol–water partition coefficient (Wildman–Crippen LogP) is 2.58. The van der Waals surface area contributed by atoms with Crippen molar-refractivity contribution in [2.24, 2.45) is 0 Å². The first-order chi connectivity index (χ1) is 18.0. The van der Waals surface area contributed by atoms with Gasteiger partial charge in [-0.2, -0.15) is 13.2 Å². The van der Waals surface area contributed by atoms with Gasteiger partial charge in [0.1, 0.15) is 6.04 Å². The zero-order valence-electron chi connectivity index (χ0n) is 20.2. The van der Waals surface area contributed by atoms with Crippen LogP contribution in [0.4, 0.5) is 13.2 Å². The van der Waals surface area contributed by atoms with E-state index < -0.39 is 35.2 Å². The van der Waals surface area contributed by atoms with Crippen LogP contribution in [0.1, 0.15) is 63.1 Å². The molecule has 0 radical (unpaired) electrons. The van der Waals surface area contributed by atoms with Crippen LogP contribution in [0, 0.1) is 0 Å². The van der Waals surface area contributed by atoms with Crippen molar-refractivity contribution in [3.8, 4) is 0 Å². The largest absolute Gasteiger partial charge is 0.398 e. The normalized spacial score (nSPS) is 20.1. The van der Waals surface area contributed by atoms with Crippen LogP contribution in [-0.2, 0) is 32.8 Å². The minimum atomic E-state index is -4.36. The molecule has 11 heteroatoms. The van der Waals surface area contributed by atoms with Crippen LogP contribution in [0.25, 0.3) is 0 Å². The highest BCUT2D eigenvalue weighted by atomic mass is 19.4. The summed E-state index contributed by atoms with van der Waals surface area (Å²) in [5.41, 5.74) is 0.255. The van der Waals surface area contributed by atoms with Crippen molar-refractivity contribution in [1.82, 2.24) is 15.5 Å². The van der Waals surface area contributed by atoms with Crippen LogP contribution in [0.2, 0.25) is 0 Å². The summed E-state index contributed by atoms with van der Waals surface area (Å²) in [4.78, 5) is 62.6. The topological polar surface area (TPSA) is 113 Å². The molecule has 2 aromatic carbocycles. The van der Waals surface area contributed by atoms with E-state index in [4.69, 9.17) is 0 Å². The van der Waals surface area contributed by atoms with E-state index in [-0.39, 0.29) is 61.7 Å². The van der Waals surface area contributed by atoms with Crippen LogP contribution in [0.3, 0.4) is 0 Å². The van der Waals surface area contributed by atoms with Crippen molar-refractivity contribution in [2.75, 3.05) is 6.54 Å². The Hall–Kier alpha value is -4.02. The fourth-order valence-corrected chi connectivity index (χ4v) is 5.12. The molecule has 5 rings (SSSR count). The average Bonchev–Trinajstić information content (AvgIpc) is 3.64. The number of fused-ring (bicyclic) bond motifs is 1. The Kier molecular flexibility index (Phi) is 6.32. The fourth-order valence-electron chi connectivity index (χ4n) is 5.12. The second-order valence-corrected chi connectivity index (χ2v) is 9.88. The highest BCUT2D eigenvalue weighted by Crippen LogP contribution is 2.58. The van der Waals surface area contributed by atoms with Crippen molar-refractivity contribution < 1.29 is 37.1 Å². The first-order valence-electron chi connectivity index (χ1n) is 12.3. The SMILES string of the molecule is O=C1CCC(N2Cc3cc(CCNC(=O)C(=O)c4ccc(C5(C(F)(F)F)CC5)cc4)ccc3C2=O)C(=O)N1. The Bertz CT molecular complexity index is 1350. The number of carbonyl (C=O) groups excluding carboxylic acids is 5. The third kappa shape index (κ3) is 4.57. The molecule has 4 amide bonds. The average molecular weight is 527 g/mol. The molecule has 38 heavy (non-hydrogen) atoms. The molecule has 1 saturated carbocycles. The molecule has 2 aromatic rings. The lowest BCUT2D eigenvalue weighted by Gasteiger charge is -2.29. The number of ketones is 1. The Morgan fingerprint density at radius 2 is 1.76 bits per heavy atom. The van der Waals surface area contributed by atoms with Gasteiger partial charge in [-0.15, -0.1) is 0 Å². The highest BCUT2D eigenvalue weighted by molar-refractivity contribution is 6.42. The van der Waals surface area contributed by atoms with Crippen LogP contribution < -0.4 is 10.6 Å². The van der Waals surface area contributed by atoms with E-state index in [9.17, 15) is 37.1 Å². The molecule has 0 bridgehead atoms. The standard InChI is InChI=1S/C27H24F3N3O5/c28-27(29,30)26(10-11-26)18-4-2-16(3-5-18)22(35)24(37)31-12-9-15-1-6-19-17(13-15)14-33(25(19)38)20-7-8-21(34)32-23(20)36/h1-6,13,20H,7-12,14H2,(H,31,37)(H,32,34,36). The molecule has 2 heterocycles. The number of nitrogens with zero attached hydrogens (tertiary/aromatic N) is 1. The van der Waals surface area contributed by atoms with E-state index in [2.05, 4.69) is 10.6 Å². The fraction of sp³-hybridized carbons (Fsp3) is 0.370. The Balaban J connectivity index is 1.15. The molecule has 3 aliphatic rings. The van der Waals surface area contributed by atoms with Crippen molar-refractivity contribution in [3.05, 3.63) is 70.3 Å². The number of halogens is 3. The molecule has 2 aliphatic heterocycles. The van der Waals surface area contributed by atoms with Gasteiger partial charge in [0, 0.05) is 30.6 Å². The first kappa shape index (κ1) is 25.6. The van der Waals surface area contributed by atoms with Crippen molar-refractivity contribution in [2.45, 2.75) is 56.3 Å². The zero-order valence-corrected chi connectivity index (χ0v) is 20.2. The molecule has 2 N–H and O–H groups in total. The first-order valence-corrected chi connectivity index (χ1v) is 12.3. The number of piperidine rings is 1. The maximum absolute atomic E-state index is 13.3. The number of Topliss-reactive ketones (excluding diaryl/α,β-unsaturated/α-hetero) is 1. The predicted molar refractivity (Wildman–Crippen MR) is 127 cm³/mol. The summed E-state index contributed by atoms with van der Waals surface area (Å²) in [6.07, 6.45) is -3.54. The van der Waals surface area contributed by atoms with Gasteiger partial charge in [-0.25, -0.2) is 0 Å².